The fourth-order valence-electron chi connectivity index (χ4n) is 3.64. The molecule has 0 amide bonds. The van der Waals surface area contributed by atoms with Gasteiger partial charge in [0.2, 0.25) is 0 Å². The van der Waals surface area contributed by atoms with Gasteiger partial charge < -0.3 is 10.1 Å². The van der Waals surface area contributed by atoms with E-state index >= 15 is 0 Å². The molecule has 2 nitrogen and oxygen atoms in total. The van der Waals surface area contributed by atoms with E-state index in [1.807, 2.05) is 6.07 Å². The van der Waals surface area contributed by atoms with Gasteiger partial charge in [-0.2, -0.15) is 0 Å². The van der Waals surface area contributed by atoms with E-state index in [-0.39, 0.29) is 0 Å². The zero-order valence-corrected chi connectivity index (χ0v) is 12.7. The smallest absolute Gasteiger partial charge is 0.123 e. The maximum absolute atomic E-state index is 5.55. The predicted molar refractivity (Wildman–Crippen MR) is 80.5 cm³/mol. The second-order valence-corrected chi connectivity index (χ2v) is 6.35. The summed E-state index contributed by atoms with van der Waals surface area (Å²) in [5.74, 6) is 1.67. The summed E-state index contributed by atoms with van der Waals surface area (Å²) in [5.41, 5.74) is 1.69. The number of rotatable bonds is 4. The first-order valence-corrected chi connectivity index (χ1v) is 7.40. The summed E-state index contributed by atoms with van der Waals surface area (Å²) in [6, 6.07) is 8.80. The molecule has 1 aromatic carbocycles. The van der Waals surface area contributed by atoms with Crippen molar-refractivity contribution in [2.24, 2.45) is 11.3 Å². The second-order valence-electron chi connectivity index (χ2n) is 6.35. The number of hydrogen-bond donors (Lipinski definition) is 1. The van der Waals surface area contributed by atoms with Crippen molar-refractivity contribution in [2.45, 2.75) is 45.6 Å². The van der Waals surface area contributed by atoms with Crippen LogP contribution in [0.3, 0.4) is 0 Å². The Morgan fingerprint density at radius 2 is 2.00 bits per heavy atom. The lowest BCUT2D eigenvalue weighted by atomic mass is 9.64. The fourth-order valence-corrected chi connectivity index (χ4v) is 3.64. The molecule has 0 aliphatic heterocycles. The Labute approximate surface area is 117 Å². The lowest BCUT2D eigenvalue weighted by molar-refractivity contribution is 0.100. The van der Waals surface area contributed by atoms with E-state index in [1.165, 1.54) is 31.2 Å². The fraction of sp³-hybridized carbons (Fsp3) is 0.647. The monoisotopic (exact) mass is 261 g/mol. The summed E-state index contributed by atoms with van der Waals surface area (Å²) in [6.45, 7) is 4.83. The molecule has 0 aromatic heterocycles. The third-order valence-corrected chi connectivity index (χ3v) is 4.78. The van der Waals surface area contributed by atoms with Crippen LogP contribution in [-0.4, -0.2) is 14.2 Å². The summed E-state index contributed by atoms with van der Waals surface area (Å²) in [5, 5.41) is 3.54. The molecule has 2 heteroatoms. The first-order valence-electron chi connectivity index (χ1n) is 7.40. The van der Waals surface area contributed by atoms with Gasteiger partial charge in [-0.3, -0.25) is 0 Å². The first-order chi connectivity index (χ1) is 9.10. The van der Waals surface area contributed by atoms with Gasteiger partial charge in [-0.1, -0.05) is 44.9 Å². The van der Waals surface area contributed by atoms with Crippen LogP contribution in [0.1, 0.15) is 51.1 Å². The van der Waals surface area contributed by atoms with Crippen LogP contribution in [0.15, 0.2) is 24.3 Å². The molecule has 0 bridgehead atoms. The number of methoxy groups -OCH3 is 1. The Morgan fingerprint density at radius 1 is 1.26 bits per heavy atom. The van der Waals surface area contributed by atoms with Gasteiger partial charge in [0.05, 0.1) is 7.11 Å². The highest BCUT2D eigenvalue weighted by molar-refractivity contribution is 5.36. The van der Waals surface area contributed by atoms with Gasteiger partial charge in [0.15, 0.2) is 0 Å². The average molecular weight is 261 g/mol. The second kappa shape index (κ2) is 5.96. The standard InChI is InChI=1S/C17H27NO/c1-17(2)12-8-7-10-14(17)16(18-3)13-9-5-6-11-15(13)19-4/h5-6,9,11,14,16,18H,7-8,10,12H2,1-4H3. The number of nitrogens with one attached hydrogen (secondary N) is 1. The molecule has 0 heterocycles. The highest BCUT2D eigenvalue weighted by atomic mass is 16.5. The van der Waals surface area contributed by atoms with Crippen molar-refractivity contribution in [1.82, 2.24) is 5.32 Å². The summed E-state index contributed by atoms with van der Waals surface area (Å²) in [4.78, 5) is 0. The third-order valence-electron chi connectivity index (χ3n) is 4.78. The molecule has 0 saturated heterocycles. The SMILES string of the molecule is CNC(c1ccccc1OC)C1CCCCC1(C)C. The van der Waals surface area contributed by atoms with Crippen LogP contribution >= 0.6 is 0 Å². The Morgan fingerprint density at radius 3 is 2.63 bits per heavy atom. The number of ether oxygens (including phenoxy) is 1. The van der Waals surface area contributed by atoms with Crippen LogP contribution in [0.4, 0.5) is 0 Å². The van der Waals surface area contributed by atoms with Crippen LogP contribution in [-0.2, 0) is 0 Å². The van der Waals surface area contributed by atoms with Crippen LogP contribution in [0.2, 0.25) is 0 Å². The molecule has 19 heavy (non-hydrogen) atoms. The van der Waals surface area contributed by atoms with Crippen molar-refractivity contribution >= 4 is 0 Å². The molecular formula is C17H27NO. The molecule has 2 atom stereocenters. The molecule has 2 unspecified atom stereocenters. The Kier molecular flexibility index (Phi) is 4.51. The lowest BCUT2D eigenvalue weighted by Crippen LogP contribution is -2.38. The highest BCUT2D eigenvalue weighted by Crippen LogP contribution is 2.47. The number of para-hydroxylation sites is 1. The van der Waals surface area contributed by atoms with Crippen molar-refractivity contribution in [3.63, 3.8) is 0 Å². The van der Waals surface area contributed by atoms with Crippen molar-refractivity contribution in [3.8, 4) is 5.75 Å². The maximum atomic E-state index is 5.55. The Balaban J connectivity index is 2.33. The minimum Gasteiger partial charge on any atom is -0.496 e. The van der Waals surface area contributed by atoms with E-state index in [1.54, 1.807) is 7.11 Å². The Bertz CT molecular complexity index is 413. The summed E-state index contributed by atoms with van der Waals surface area (Å²) in [7, 11) is 3.83. The maximum Gasteiger partial charge on any atom is 0.123 e. The van der Waals surface area contributed by atoms with Crippen LogP contribution in [0, 0.1) is 11.3 Å². The van der Waals surface area contributed by atoms with Crippen molar-refractivity contribution < 1.29 is 4.74 Å². The van der Waals surface area contributed by atoms with E-state index in [9.17, 15) is 0 Å². The van der Waals surface area contributed by atoms with E-state index in [2.05, 4.69) is 44.4 Å². The zero-order chi connectivity index (χ0) is 13.9. The minimum absolute atomic E-state index is 0.381. The van der Waals surface area contributed by atoms with Gasteiger partial charge in [-0.05, 0) is 37.3 Å². The van der Waals surface area contributed by atoms with Crippen molar-refractivity contribution in [1.29, 1.82) is 0 Å². The molecule has 1 aromatic rings. The normalized spacial score (nSPS) is 23.9. The molecular weight excluding hydrogens is 234 g/mol. The summed E-state index contributed by atoms with van der Waals surface area (Å²) >= 11 is 0. The molecule has 1 aliphatic carbocycles. The van der Waals surface area contributed by atoms with Gasteiger partial charge >= 0.3 is 0 Å². The van der Waals surface area contributed by atoms with Crippen molar-refractivity contribution in [2.75, 3.05) is 14.2 Å². The molecule has 0 radical (unpaired) electrons. The molecule has 1 N–H and O–H groups in total. The van der Waals surface area contributed by atoms with Gasteiger partial charge in [0.25, 0.3) is 0 Å². The molecule has 0 spiro atoms. The Hall–Kier alpha value is -1.02. The van der Waals surface area contributed by atoms with E-state index in [4.69, 9.17) is 4.74 Å². The quantitative estimate of drug-likeness (QED) is 0.878. The third kappa shape index (κ3) is 2.94. The first kappa shape index (κ1) is 14.4. The molecule has 1 fully saturated rings. The lowest BCUT2D eigenvalue weighted by Gasteiger charge is -2.43. The average Bonchev–Trinajstić information content (AvgIpc) is 2.41. The number of benzene rings is 1. The predicted octanol–water partition coefficient (Wildman–Crippen LogP) is 4.17. The molecule has 1 saturated carbocycles. The van der Waals surface area contributed by atoms with Gasteiger partial charge in [0.1, 0.15) is 5.75 Å². The van der Waals surface area contributed by atoms with Crippen molar-refractivity contribution in [3.05, 3.63) is 29.8 Å². The summed E-state index contributed by atoms with van der Waals surface area (Å²) in [6.07, 6.45) is 5.34. The van der Waals surface area contributed by atoms with Crippen LogP contribution in [0.25, 0.3) is 0 Å². The number of hydrogen-bond acceptors (Lipinski definition) is 2. The van der Waals surface area contributed by atoms with Crippen LogP contribution in [0.5, 0.6) is 5.75 Å². The molecule has 1 aliphatic rings. The minimum atomic E-state index is 0.381. The van der Waals surface area contributed by atoms with E-state index < -0.39 is 0 Å². The zero-order valence-electron chi connectivity index (χ0n) is 12.7. The van der Waals surface area contributed by atoms with E-state index in [0.29, 0.717) is 17.4 Å². The van der Waals surface area contributed by atoms with Gasteiger partial charge in [-0.25, -0.2) is 0 Å². The van der Waals surface area contributed by atoms with Gasteiger partial charge in [-0.15, -0.1) is 0 Å². The largest absolute Gasteiger partial charge is 0.496 e. The van der Waals surface area contributed by atoms with Gasteiger partial charge in [0, 0.05) is 11.6 Å². The van der Waals surface area contributed by atoms with E-state index in [0.717, 1.165) is 5.75 Å². The summed E-state index contributed by atoms with van der Waals surface area (Å²) < 4.78 is 5.55. The highest BCUT2D eigenvalue weighted by Gasteiger charge is 2.38. The molecule has 2 rings (SSSR count). The van der Waals surface area contributed by atoms with Crippen LogP contribution < -0.4 is 10.1 Å². The molecule has 106 valence electrons. The topological polar surface area (TPSA) is 21.3 Å².